The van der Waals surface area contributed by atoms with Crippen LogP contribution in [0.1, 0.15) is 24.5 Å². The molecule has 1 aromatic heterocycles. The van der Waals surface area contributed by atoms with Gasteiger partial charge in [0.2, 0.25) is 0 Å². The Hall–Kier alpha value is 0.330. The van der Waals surface area contributed by atoms with Gasteiger partial charge >= 0.3 is 0 Å². The fourth-order valence-electron chi connectivity index (χ4n) is 1.22. The van der Waals surface area contributed by atoms with E-state index >= 15 is 0 Å². The molecule has 1 aromatic rings. The zero-order valence-electron chi connectivity index (χ0n) is 6.44. The zero-order chi connectivity index (χ0) is 8.55. The van der Waals surface area contributed by atoms with Gasteiger partial charge in [-0.25, -0.2) is 4.45 Å². The molecule has 0 radical (unpaired) electrons. The number of nitrogens with zero attached hydrogens (tertiary/aromatic N) is 2. The van der Waals surface area contributed by atoms with Gasteiger partial charge in [0.05, 0.1) is 18.7 Å². The molecule has 2 atom stereocenters. The summed E-state index contributed by atoms with van der Waals surface area (Å²) in [5.41, 5.74) is 0.974. The predicted molar refractivity (Wildman–Crippen MR) is 57.6 cm³/mol. The van der Waals surface area contributed by atoms with Crippen LogP contribution < -0.4 is 0 Å². The van der Waals surface area contributed by atoms with E-state index in [1.807, 2.05) is 10.6 Å². The molecule has 1 fully saturated rings. The molecule has 0 spiro atoms. The molecule has 1 aliphatic rings. The first kappa shape index (κ1) is 8.91. The van der Waals surface area contributed by atoms with Crippen molar-refractivity contribution in [1.29, 1.82) is 0 Å². The lowest BCUT2D eigenvalue weighted by atomic mass is 10.1. The molecular formula is C7H10IN2OP. The van der Waals surface area contributed by atoms with Crippen LogP contribution in [0.15, 0.2) is 12.4 Å². The van der Waals surface area contributed by atoms with E-state index in [4.69, 9.17) is 0 Å². The minimum absolute atomic E-state index is 0.272. The van der Waals surface area contributed by atoms with Gasteiger partial charge in [-0.15, -0.1) is 0 Å². The molecule has 66 valence electrons. The van der Waals surface area contributed by atoms with E-state index < -0.39 is 0 Å². The lowest BCUT2D eigenvalue weighted by Crippen LogP contribution is -1.96. The maximum Gasteiger partial charge on any atom is 0.0848 e. The van der Waals surface area contributed by atoms with Crippen molar-refractivity contribution >= 4 is 28.4 Å². The lowest BCUT2D eigenvalue weighted by Gasteiger charge is -2.03. The maximum absolute atomic E-state index is 9.72. The predicted octanol–water partition coefficient (Wildman–Crippen LogP) is 2.12. The zero-order valence-corrected chi connectivity index (χ0v) is 9.60. The highest BCUT2D eigenvalue weighted by Crippen LogP contribution is 2.41. The highest BCUT2D eigenvalue weighted by atomic mass is 127. The van der Waals surface area contributed by atoms with Crippen molar-refractivity contribution in [3.05, 3.63) is 18.0 Å². The van der Waals surface area contributed by atoms with E-state index in [2.05, 4.69) is 27.1 Å². The molecule has 0 amide bonds. The summed E-state index contributed by atoms with van der Waals surface area (Å²) in [6.07, 6.45) is 6.39. The number of aliphatic hydroxyl groups excluding tert-OH is 1. The van der Waals surface area contributed by atoms with Crippen molar-refractivity contribution in [3.63, 3.8) is 0 Å². The van der Waals surface area contributed by atoms with Gasteiger partial charge in [-0.3, -0.25) is 0 Å². The highest BCUT2D eigenvalue weighted by molar-refractivity contribution is 14.2. The van der Waals surface area contributed by atoms with Crippen LogP contribution in [0.25, 0.3) is 0 Å². The van der Waals surface area contributed by atoms with Crippen molar-refractivity contribution in [3.8, 4) is 0 Å². The Morgan fingerprint density at radius 2 is 2.50 bits per heavy atom. The summed E-state index contributed by atoms with van der Waals surface area (Å²) in [4.78, 5) is 0. The normalized spacial score (nSPS) is 20.5. The van der Waals surface area contributed by atoms with Gasteiger partial charge in [-0.2, -0.15) is 5.10 Å². The largest absolute Gasteiger partial charge is 0.388 e. The van der Waals surface area contributed by atoms with Crippen LogP contribution in [0.4, 0.5) is 0 Å². The van der Waals surface area contributed by atoms with Crippen LogP contribution >= 0.6 is 28.4 Å². The second-order valence-corrected chi connectivity index (χ2v) is 5.16. The quantitative estimate of drug-likeness (QED) is 0.685. The first-order chi connectivity index (χ1) is 5.81. The van der Waals surface area contributed by atoms with Gasteiger partial charge in [0.15, 0.2) is 0 Å². The molecule has 1 N–H and O–H groups in total. The van der Waals surface area contributed by atoms with Gasteiger partial charge in [0.25, 0.3) is 0 Å². The Labute approximate surface area is 85.9 Å². The Morgan fingerprint density at radius 1 is 1.75 bits per heavy atom. The molecular weight excluding hydrogens is 286 g/mol. The third-order valence-corrected chi connectivity index (χ3v) is 4.00. The van der Waals surface area contributed by atoms with Crippen molar-refractivity contribution in [1.82, 2.24) is 9.55 Å². The number of hydrogen-bond acceptors (Lipinski definition) is 2. The number of hydrogen-bond donors (Lipinski definition) is 1. The minimum Gasteiger partial charge on any atom is -0.388 e. The molecule has 3 nitrogen and oxygen atoms in total. The van der Waals surface area contributed by atoms with Crippen LogP contribution in [-0.2, 0) is 0 Å². The smallest absolute Gasteiger partial charge is 0.0848 e. The second kappa shape index (κ2) is 3.60. The van der Waals surface area contributed by atoms with Crippen molar-refractivity contribution in [2.24, 2.45) is 5.92 Å². The lowest BCUT2D eigenvalue weighted by molar-refractivity contribution is 0.154. The van der Waals surface area contributed by atoms with Gasteiger partial charge in [0.1, 0.15) is 0 Å². The van der Waals surface area contributed by atoms with Crippen LogP contribution in [0.2, 0.25) is 0 Å². The summed E-state index contributed by atoms with van der Waals surface area (Å²) < 4.78 is 1.86. The molecule has 2 rings (SSSR count). The molecule has 0 saturated heterocycles. The van der Waals surface area contributed by atoms with Crippen molar-refractivity contribution in [2.75, 3.05) is 0 Å². The number of aliphatic hydroxyl groups is 1. The third kappa shape index (κ3) is 1.80. The molecule has 5 heteroatoms. The first-order valence-corrected chi connectivity index (χ1v) is 7.96. The fraction of sp³-hybridized carbons (Fsp3) is 0.571. The average molecular weight is 296 g/mol. The maximum atomic E-state index is 9.72. The topological polar surface area (TPSA) is 38.1 Å². The van der Waals surface area contributed by atoms with Crippen LogP contribution in [0, 0.1) is 5.92 Å². The summed E-state index contributed by atoms with van der Waals surface area (Å²) >= 11 is 2.27. The molecule has 0 aliphatic heterocycles. The summed E-state index contributed by atoms with van der Waals surface area (Å²) in [5.74, 6) is 0.500. The van der Waals surface area contributed by atoms with Gasteiger partial charge in [-0.1, -0.05) is 0 Å². The molecule has 0 bridgehead atoms. The molecule has 1 aliphatic carbocycles. The summed E-state index contributed by atoms with van der Waals surface area (Å²) in [6.45, 7) is 0. The van der Waals surface area contributed by atoms with Gasteiger partial charge in [0, 0.05) is 11.8 Å². The number of rotatable bonds is 3. The monoisotopic (exact) mass is 296 g/mol. The van der Waals surface area contributed by atoms with E-state index in [0.29, 0.717) is 12.3 Å². The Bertz CT molecular complexity index is 274. The van der Waals surface area contributed by atoms with E-state index in [9.17, 15) is 5.11 Å². The number of aromatic nitrogens is 2. The minimum atomic E-state index is -0.272. The van der Waals surface area contributed by atoms with Crippen LogP contribution in [0.5, 0.6) is 0 Å². The van der Waals surface area contributed by atoms with E-state index in [1.165, 1.54) is 12.8 Å². The molecule has 12 heavy (non-hydrogen) atoms. The molecule has 0 aromatic carbocycles. The summed E-state index contributed by atoms with van der Waals surface area (Å²) in [5, 5.41) is 13.8. The molecule has 2 unspecified atom stereocenters. The molecule has 1 heterocycles. The van der Waals surface area contributed by atoms with E-state index in [-0.39, 0.29) is 6.10 Å². The Morgan fingerprint density at radius 3 is 3.00 bits per heavy atom. The average Bonchev–Trinajstić information content (AvgIpc) is 2.82. The SMILES string of the molecule is OC(c1cnn(PI)c1)C1CC1. The van der Waals surface area contributed by atoms with Crippen LogP contribution in [0.3, 0.4) is 0 Å². The van der Waals surface area contributed by atoms with Crippen molar-refractivity contribution in [2.45, 2.75) is 18.9 Å². The van der Waals surface area contributed by atoms with Gasteiger partial charge in [-0.05, 0) is 40.8 Å². The van der Waals surface area contributed by atoms with E-state index in [0.717, 1.165) is 5.56 Å². The third-order valence-electron chi connectivity index (χ3n) is 2.10. The first-order valence-electron chi connectivity index (χ1n) is 3.90. The summed E-state index contributed by atoms with van der Waals surface area (Å²) in [7, 11) is 0. The molecule has 1 saturated carbocycles. The standard InChI is InChI=1S/C7H10IN2OP/c8-12-10-4-6(3-9-10)7(11)5-1-2-5/h3-5,7,11-12H,1-2H2. The fourth-order valence-corrected chi connectivity index (χ4v) is 2.31. The van der Waals surface area contributed by atoms with E-state index in [1.54, 1.807) is 6.20 Å². The Balaban J connectivity index is 2.10. The number of halogens is 1. The Kier molecular flexibility index (Phi) is 2.67. The van der Waals surface area contributed by atoms with Crippen molar-refractivity contribution < 1.29 is 5.11 Å². The van der Waals surface area contributed by atoms with Gasteiger partial charge < -0.3 is 5.11 Å². The highest BCUT2D eigenvalue weighted by Gasteiger charge is 2.31. The second-order valence-electron chi connectivity index (χ2n) is 3.09. The summed E-state index contributed by atoms with van der Waals surface area (Å²) in [6, 6.07) is 0. The van der Waals surface area contributed by atoms with Crippen LogP contribution in [-0.4, -0.2) is 14.7 Å².